The van der Waals surface area contributed by atoms with Crippen molar-refractivity contribution in [2.45, 2.75) is 11.8 Å². The van der Waals surface area contributed by atoms with Crippen molar-refractivity contribution in [3.63, 3.8) is 0 Å². The Bertz CT molecular complexity index is 593. The van der Waals surface area contributed by atoms with Crippen LogP contribution in [0.15, 0.2) is 51.8 Å². The van der Waals surface area contributed by atoms with Crippen molar-refractivity contribution in [2.75, 3.05) is 5.75 Å². The van der Waals surface area contributed by atoms with Gasteiger partial charge in [0.2, 0.25) is 0 Å². The van der Waals surface area contributed by atoms with Crippen LogP contribution in [0.5, 0.6) is 0 Å². The molecule has 4 heteroatoms. The van der Waals surface area contributed by atoms with Gasteiger partial charge in [0.1, 0.15) is 0 Å². The van der Waals surface area contributed by atoms with Crippen molar-refractivity contribution >= 4 is 45.1 Å². The summed E-state index contributed by atoms with van der Waals surface area (Å²) in [5.41, 5.74) is 1.74. The summed E-state index contributed by atoms with van der Waals surface area (Å²) in [4.78, 5) is 13.4. The van der Waals surface area contributed by atoms with Crippen LogP contribution in [0.1, 0.15) is 15.9 Å². The molecule has 0 N–H and O–H groups in total. The zero-order valence-corrected chi connectivity index (χ0v) is 13.5. The second-order valence-electron chi connectivity index (χ2n) is 4.07. The molecule has 98 valence electrons. The van der Waals surface area contributed by atoms with E-state index in [4.69, 9.17) is 11.6 Å². The molecule has 0 aliphatic rings. The highest BCUT2D eigenvalue weighted by Gasteiger charge is 2.14. The first kappa shape index (κ1) is 14.6. The highest BCUT2D eigenvalue weighted by atomic mass is 79.9. The lowest BCUT2D eigenvalue weighted by molar-refractivity contribution is 0.102. The fourth-order valence-corrected chi connectivity index (χ4v) is 3.58. The van der Waals surface area contributed by atoms with E-state index in [1.165, 1.54) is 17.3 Å². The average molecular weight is 356 g/mol. The number of carbonyl (C=O) groups excluding carboxylic acids is 1. The van der Waals surface area contributed by atoms with Crippen molar-refractivity contribution in [2.24, 2.45) is 0 Å². The summed E-state index contributed by atoms with van der Waals surface area (Å²) in [6, 6.07) is 13.4. The maximum atomic E-state index is 12.2. The van der Waals surface area contributed by atoms with Crippen LogP contribution in [0.3, 0.4) is 0 Å². The first-order chi connectivity index (χ1) is 9.09. The van der Waals surface area contributed by atoms with Crippen LogP contribution < -0.4 is 0 Å². The molecule has 0 fully saturated rings. The molecule has 0 bridgehead atoms. The van der Waals surface area contributed by atoms with E-state index in [1.54, 1.807) is 6.07 Å². The van der Waals surface area contributed by atoms with Crippen molar-refractivity contribution < 1.29 is 4.79 Å². The van der Waals surface area contributed by atoms with Crippen molar-refractivity contribution in [3.8, 4) is 0 Å². The third-order valence-corrected chi connectivity index (χ3v) is 4.85. The van der Waals surface area contributed by atoms with Crippen molar-refractivity contribution in [3.05, 3.63) is 63.1 Å². The Morgan fingerprint density at radius 2 is 1.95 bits per heavy atom. The van der Waals surface area contributed by atoms with Gasteiger partial charge in [-0.25, -0.2) is 0 Å². The number of hydrogen-bond acceptors (Lipinski definition) is 2. The molecule has 0 saturated heterocycles. The van der Waals surface area contributed by atoms with E-state index in [-0.39, 0.29) is 5.78 Å². The minimum Gasteiger partial charge on any atom is -0.293 e. The van der Waals surface area contributed by atoms with Gasteiger partial charge in [-0.3, -0.25) is 4.79 Å². The predicted octanol–water partition coefficient (Wildman–Crippen LogP) is 5.39. The largest absolute Gasteiger partial charge is 0.293 e. The Hall–Kier alpha value is -0.770. The maximum Gasteiger partial charge on any atom is 0.175 e. The molecule has 0 amide bonds. The van der Waals surface area contributed by atoms with E-state index < -0.39 is 0 Å². The Kier molecular flexibility index (Phi) is 5.08. The van der Waals surface area contributed by atoms with Crippen LogP contribution in [-0.2, 0) is 0 Å². The molecule has 2 aromatic rings. The molecular formula is C15H12BrClOS. The molecule has 0 aliphatic carbocycles. The quantitative estimate of drug-likeness (QED) is 0.540. The fourth-order valence-electron chi connectivity index (χ4n) is 1.70. The molecule has 19 heavy (non-hydrogen) atoms. The van der Waals surface area contributed by atoms with Gasteiger partial charge in [-0.05, 0) is 46.6 Å². The van der Waals surface area contributed by atoms with Gasteiger partial charge in [0.25, 0.3) is 0 Å². The highest BCUT2D eigenvalue weighted by Crippen LogP contribution is 2.28. The van der Waals surface area contributed by atoms with E-state index >= 15 is 0 Å². The number of hydrogen-bond donors (Lipinski definition) is 0. The second-order valence-corrected chi connectivity index (χ2v) is 6.35. The fraction of sp³-hybridized carbons (Fsp3) is 0.133. The molecule has 0 aromatic heterocycles. The number of thioether (sulfide) groups is 1. The lowest BCUT2D eigenvalue weighted by atomic mass is 10.1. The second kappa shape index (κ2) is 6.60. The lowest BCUT2D eigenvalue weighted by Gasteiger charge is -2.07. The zero-order valence-electron chi connectivity index (χ0n) is 10.3. The van der Waals surface area contributed by atoms with Crippen molar-refractivity contribution in [1.29, 1.82) is 0 Å². The van der Waals surface area contributed by atoms with Crippen LogP contribution in [-0.4, -0.2) is 11.5 Å². The number of rotatable bonds is 4. The average Bonchev–Trinajstić information content (AvgIpc) is 2.37. The summed E-state index contributed by atoms with van der Waals surface area (Å²) in [5, 5.41) is 0.491. The lowest BCUT2D eigenvalue weighted by Crippen LogP contribution is -2.04. The van der Waals surface area contributed by atoms with Gasteiger partial charge >= 0.3 is 0 Å². The van der Waals surface area contributed by atoms with Crippen LogP contribution in [0, 0.1) is 6.92 Å². The third kappa shape index (κ3) is 3.62. The maximum absolute atomic E-state index is 12.2. The number of Topliss-reactive ketones (excluding diaryl/α,β-unsaturated/α-hetero) is 1. The van der Waals surface area contributed by atoms with Crippen LogP contribution in [0.25, 0.3) is 0 Å². The van der Waals surface area contributed by atoms with Crippen LogP contribution in [0.4, 0.5) is 0 Å². The minimum absolute atomic E-state index is 0.0331. The highest BCUT2D eigenvalue weighted by molar-refractivity contribution is 9.10. The zero-order chi connectivity index (χ0) is 13.8. The summed E-state index contributed by atoms with van der Waals surface area (Å²) < 4.78 is 0.746. The van der Waals surface area contributed by atoms with E-state index in [0.29, 0.717) is 16.3 Å². The van der Waals surface area contributed by atoms with Gasteiger partial charge in [0, 0.05) is 9.37 Å². The summed E-state index contributed by atoms with van der Waals surface area (Å²) >= 11 is 11.0. The van der Waals surface area contributed by atoms with Gasteiger partial charge in [0.15, 0.2) is 5.78 Å². The van der Waals surface area contributed by atoms with Gasteiger partial charge in [-0.15, -0.1) is 11.8 Å². The SMILES string of the molecule is Cc1ccccc1SCC(=O)c1c(Cl)cccc1Br. The third-order valence-electron chi connectivity index (χ3n) is 2.69. The minimum atomic E-state index is 0.0331. The Labute approximate surface area is 130 Å². The standard InChI is InChI=1S/C15H12BrClOS/c1-10-5-2-3-8-14(10)19-9-13(18)15-11(16)6-4-7-12(15)17/h2-8H,9H2,1H3. The molecule has 1 nitrogen and oxygen atoms in total. The van der Waals surface area contributed by atoms with E-state index in [9.17, 15) is 4.79 Å². The van der Waals surface area contributed by atoms with E-state index in [1.807, 2.05) is 43.3 Å². The molecule has 0 radical (unpaired) electrons. The summed E-state index contributed by atoms with van der Waals surface area (Å²) in [6.45, 7) is 2.04. The topological polar surface area (TPSA) is 17.1 Å². The first-order valence-corrected chi connectivity index (χ1v) is 7.91. The number of halogens is 2. The van der Waals surface area contributed by atoms with Gasteiger partial charge in [-0.1, -0.05) is 35.9 Å². The molecule has 0 heterocycles. The van der Waals surface area contributed by atoms with Crippen LogP contribution >= 0.6 is 39.3 Å². The normalized spacial score (nSPS) is 10.5. The number of ketones is 1. The summed E-state index contributed by atoms with van der Waals surface area (Å²) in [7, 11) is 0. The Morgan fingerprint density at radius 1 is 1.21 bits per heavy atom. The monoisotopic (exact) mass is 354 g/mol. The molecule has 0 unspecified atom stereocenters. The van der Waals surface area contributed by atoms with E-state index in [2.05, 4.69) is 15.9 Å². The predicted molar refractivity (Wildman–Crippen MR) is 85.4 cm³/mol. The molecule has 0 atom stereocenters. The molecule has 0 saturated carbocycles. The molecule has 0 aliphatic heterocycles. The summed E-state index contributed by atoms with van der Waals surface area (Å²) in [5.74, 6) is 0.415. The number of aryl methyl sites for hydroxylation is 1. The van der Waals surface area contributed by atoms with Gasteiger partial charge < -0.3 is 0 Å². The van der Waals surface area contributed by atoms with Crippen molar-refractivity contribution in [1.82, 2.24) is 0 Å². The Balaban J connectivity index is 2.13. The summed E-state index contributed by atoms with van der Waals surface area (Å²) in [6.07, 6.45) is 0. The number of carbonyl (C=O) groups is 1. The van der Waals surface area contributed by atoms with Gasteiger partial charge in [0.05, 0.1) is 16.3 Å². The first-order valence-electron chi connectivity index (χ1n) is 5.75. The molecule has 0 spiro atoms. The number of benzene rings is 2. The molecular weight excluding hydrogens is 344 g/mol. The Morgan fingerprint density at radius 3 is 2.63 bits per heavy atom. The smallest absolute Gasteiger partial charge is 0.175 e. The molecule has 2 aromatic carbocycles. The van der Waals surface area contributed by atoms with E-state index in [0.717, 1.165) is 9.37 Å². The molecule has 2 rings (SSSR count). The van der Waals surface area contributed by atoms with Crippen LogP contribution in [0.2, 0.25) is 5.02 Å². The van der Waals surface area contributed by atoms with Gasteiger partial charge in [-0.2, -0.15) is 0 Å².